The van der Waals surface area contributed by atoms with Crippen LogP contribution in [0.2, 0.25) is 0 Å². The summed E-state index contributed by atoms with van der Waals surface area (Å²) in [5.74, 6) is 0.888. The van der Waals surface area contributed by atoms with E-state index in [0.717, 1.165) is 29.7 Å². The van der Waals surface area contributed by atoms with Crippen molar-refractivity contribution in [3.63, 3.8) is 0 Å². The Morgan fingerprint density at radius 3 is 2.88 bits per heavy atom. The number of hydrogen-bond donors (Lipinski definition) is 0. The molecule has 1 aliphatic heterocycles. The van der Waals surface area contributed by atoms with Gasteiger partial charge in [0, 0.05) is 25.2 Å². The second kappa shape index (κ2) is 6.59. The number of likely N-dealkylation sites (tertiary alicyclic amines) is 1. The third-order valence-electron chi connectivity index (χ3n) is 5.26. The Bertz CT molecular complexity index is 858. The molecule has 0 radical (unpaired) electrons. The molecule has 0 spiro atoms. The Labute approximate surface area is 152 Å². The van der Waals surface area contributed by atoms with Gasteiger partial charge in [0.2, 0.25) is 5.91 Å². The summed E-state index contributed by atoms with van der Waals surface area (Å²) < 4.78 is 6.73. The first-order valence-corrected chi connectivity index (χ1v) is 9.12. The minimum absolute atomic E-state index is 0.309. The normalized spacial score (nSPS) is 21.0. The van der Waals surface area contributed by atoms with Gasteiger partial charge in [0.1, 0.15) is 0 Å². The number of amides is 1. The first kappa shape index (κ1) is 16.8. The van der Waals surface area contributed by atoms with Crippen molar-refractivity contribution in [2.75, 3.05) is 13.2 Å². The Hall–Kier alpha value is -2.63. The number of benzene rings is 1. The number of ether oxygens (including phenoxy) is 1. The first-order chi connectivity index (χ1) is 12.5. The molecular formula is C20H23N3O3. The lowest BCUT2D eigenvalue weighted by molar-refractivity contribution is -0.130. The quantitative estimate of drug-likeness (QED) is 0.748. The fourth-order valence-electron chi connectivity index (χ4n) is 3.70. The molecule has 1 saturated heterocycles. The van der Waals surface area contributed by atoms with E-state index in [9.17, 15) is 9.59 Å². The van der Waals surface area contributed by atoms with Crippen molar-refractivity contribution < 1.29 is 14.3 Å². The van der Waals surface area contributed by atoms with Crippen molar-refractivity contribution >= 4 is 11.9 Å². The molecule has 1 aromatic carbocycles. The summed E-state index contributed by atoms with van der Waals surface area (Å²) in [5.41, 5.74) is 3.93. The maximum Gasteiger partial charge on any atom is 0.341 e. The number of fused-ring (bicyclic) bond motifs is 1. The van der Waals surface area contributed by atoms with E-state index in [1.54, 1.807) is 17.8 Å². The van der Waals surface area contributed by atoms with Crippen molar-refractivity contribution in [1.82, 2.24) is 14.7 Å². The Morgan fingerprint density at radius 2 is 2.19 bits per heavy atom. The largest absolute Gasteiger partial charge is 0.462 e. The number of carbonyl (C=O) groups excluding carboxylic acids is 2. The highest BCUT2D eigenvalue weighted by molar-refractivity contribution is 5.88. The molecule has 136 valence electrons. The topological polar surface area (TPSA) is 64.4 Å². The zero-order chi connectivity index (χ0) is 18.3. The monoisotopic (exact) mass is 353 g/mol. The van der Waals surface area contributed by atoms with Crippen LogP contribution in [0.4, 0.5) is 0 Å². The van der Waals surface area contributed by atoms with Gasteiger partial charge in [-0.25, -0.2) is 4.79 Å². The van der Waals surface area contributed by atoms with Gasteiger partial charge in [0.15, 0.2) is 0 Å². The number of rotatable bonds is 6. The van der Waals surface area contributed by atoms with Crippen LogP contribution in [0.15, 0.2) is 30.6 Å². The average Bonchev–Trinajstić information content (AvgIpc) is 3.10. The van der Waals surface area contributed by atoms with Gasteiger partial charge in [-0.15, -0.1) is 0 Å². The van der Waals surface area contributed by atoms with Crippen LogP contribution in [0.25, 0.3) is 0 Å². The lowest BCUT2D eigenvalue weighted by atomic mass is 10.0. The second-order valence-corrected chi connectivity index (χ2v) is 7.23. The molecule has 6 heteroatoms. The molecule has 1 aromatic heterocycles. The maximum atomic E-state index is 12.1. The third-order valence-corrected chi connectivity index (χ3v) is 5.26. The summed E-state index contributed by atoms with van der Waals surface area (Å²) in [6, 6.07) is 6.30. The molecule has 2 heterocycles. The van der Waals surface area contributed by atoms with Crippen LogP contribution in [0, 0.1) is 18.8 Å². The number of aromatic nitrogens is 2. The van der Waals surface area contributed by atoms with Crippen LogP contribution in [0.1, 0.15) is 40.4 Å². The van der Waals surface area contributed by atoms with Crippen LogP contribution in [0.3, 0.4) is 0 Å². The first-order valence-electron chi connectivity index (χ1n) is 9.12. The zero-order valence-corrected chi connectivity index (χ0v) is 15.1. The van der Waals surface area contributed by atoms with Crippen molar-refractivity contribution in [2.24, 2.45) is 11.8 Å². The highest BCUT2D eigenvalue weighted by Gasteiger charge is 2.51. The highest BCUT2D eigenvalue weighted by atomic mass is 16.5. The Morgan fingerprint density at radius 1 is 1.35 bits per heavy atom. The van der Waals surface area contributed by atoms with Crippen molar-refractivity contribution in [3.8, 4) is 0 Å². The van der Waals surface area contributed by atoms with Gasteiger partial charge in [0.05, 0.1) is 24.9 Å². The standard InChI is InChI=1S/C20H23N3O3/c1-3-26-20(25)17-8-21-23(12-17)11-15-5-4-14(6-13(15)2)9-22-10-16-7-18(16)19(22)24/h4-6,8,12,16,18H,3,7,9-11H2,1-2H3. The molecule has 4 rings (SSSR count). The fraction of sp³-hybridized carbons (Fsp3) is 0.450. The molecule has 2 atom stereocenters. The fourth-order valence-corrected chi connectivity index (χ4v) is 3.70. The molecule has 1 amide bonds. The van der Waals surface area contributed by atoms with Gasteiger partial charge in [-0.1, -0.05) is 18.2 Å². The van der Waals surface area contributed by atoms with E-state index in [0.29, 0.717) is 43.0 Å². The van der Waals surface area contributed by atoms with E-state index in [1.165, 1.54) is 6.20 Å². The number of hydrogen-bond acceptors (Lipinski definition) is 4. The zero-order valence-electron chi connectivity index (χ0n) is 15.1. The average molecular weight is 353 g/mol. The Kier molecular flexibility index (Phi) is 4.26. The van der Waals surface area contributed by atoms with Gasteiger partial charge in [0.25, 0.3) is 0 Å². The molecule has 0 N–H and O–H groups in total. The number of carbonyl (C=O) groups is 2. The molecule has 0 bridgehead atoms. The summed E-state index contributed by atoms with van der Waals surface area (Å²) in [6.45, 7) is 6.41. The minimum Gasteiger partial charge on any atom is -0.462 e. The van der Waals surface area contributed by atoms with E-state index in [-0.39, 0.29) is 5.97 Å². The summed E-state index contributed by atoms with van der Waals surface area (Å²) in [4.78, 5) is 25.8. The molecule has 1 aliphatic carbocycles. The van der Waals surface area contributed by atoms with Gasteiger partial charge in [-0.05, 0) is 42.9 Å². The minimum atomic E-state index is -0.348. The number of esters is 1. The van der Waals surface area contributed by atoms with Crippen LogP contribution >= 0.6 is 0 Å². The molecule has 2 fully saturated rings. The summed E-state index contributed by atoms with van der Waals surface area (Å²) >= 11 is 0. The van der Waals surface area contributed by atoms with Gasteiger partial charge >= 0.3 is 5.97 Å². The predicted octanol–water partition coefficient (Wildman–Crippen LogP) is 2.39. The van der Waals surface area contributed by atoms with Crippen LogP contribution in [-0.2, 0) is 22.6 Å². The number of nitrogens with zero attached hydrogens (tertiary/aromatic N) is 3. The van der Waals surface area contributed by atoms with Crippen molar-refractivity contribution in [2.45, 2.75) is 33.4 Å². The predicted molar refractivity (Wildman–Crippen MR) is 95.5 cm³/mol. The number of piperidine rings is 1. The molecule has 26 heavy (non-hydrogen) atoms. The maximum absolute atomic E-state index is 12.1. The van der Waals surface area contributed by atoms with Gasteiger partial charge in [-0.2, -0.15) is 5.10 Å². The SMILES string of the molecule is CCOC(=O)c1cnn(Cc2ccc(CN3CC4CC4C3=O)cc2C)c1. The Balaban J connectivity index is 1.41. The lowest BCUT2D eigenvalue weighted by Crippen LogP contribution is -2.27. The molecule has 2 unspecified atom stereocenters. The van der Waals surface area contributed by atoms with Crippen molar-refractivity contribution in [1.29, 1.82) is 0 Å². The second-order valence-electron chi connectivity index (χ2n) is 7.23. The van der Waals surface area contributed by atoms with Gasteiger partial charge < -0.3 is 9.64 Å². The van der Waals surface area contributed by atoms with E-state index < -0.39 is 0 Å². The molecule has 6 nitrogen and oxygen atoms in total. The highest BCUT2D eigenvalue weighted by Crippen LogP contribution is 2.46. The lowest BCUT2D eigenvalue weighted by Gasteiger charge is -2.19. The summed E-state index contributed by atoms with van der Waals surface area (Å²) in [5, 5.41) is 4.25. The van der Waals surface area contributed by atoms with E-state index >= 15 is 0 Å². The number of aryl methyl sites for hydroxylation is 1. The van der Waals surface area contributed by atoms with E-state index in [1.807, 2.05) is 4.90 Å². The summed E-state index contributed by atoms with van der Waals surface area (Å²) in [6.07, 6.45) is 4.33. The van der Waals surface area contributed by atoms with Crippen LogP contribution in [-0.4, -0.2) is 39.7 Å². The molecule has 2 aromatic rings. The van der Waals surface area contributed by atoms with Gasteiger partial charge in [-0.3, -0.25) is 9.48 Å². The third kappa shape index (κ3) is 3.23. The molecule has 2 aliphatic rings. The van der Waals surface area contributed by atoms with Crippen LogP contribution < -0.4 is 0 Å². The van der Waals surface area contributed by atoms with Crippen LogP contribution in [0.5, 0.6) is 0 Å². The smallest absolute Gasteiger partial charge is 0.341 e. The molecular weight excluding hydrogens is 330 g/mol. The van der Waals surface area contributed by atoms with E-state index in [2.05, 4.69) is 30.2 Å². The van der Waals surface area contributed by atoms with Crippen molar-refractivity contribution in [3.05, 3.63) is 52.8 Å². The summed E-state index contributed by atoms with van der Waals surface area (Å²) in [7, 11) is 0. The van der Waals surface area contributed by atoms with E-state index in [4.69, 9.17) is 4.74 Å². The molecule has 1 saturated carbocycles.